The fourth-order valence-corrected chi connectivity index (χ4v) is 2.93. The summed E-state index contributed by atoms with van der Waals surface area (Å²) in [6.07, 6.45) is 1.98. The minimum atomic E-state index is -0.459. The number of piperidine rings is 1. The summed E-state index contributed by atoms with van der Waals surface area (Å²) in [7, 11) is 0. The third kappa shape index (κ3) is 3.05. The van der Waals surface area contributed by atoms with Gasteiger partial charge >= 0.3 is 5.69 Å². The van der Waals surface area contributed by atoms with Crippen LogP contribution in [0.2, 0.25) is 0 Å². The van der Waals surface area contributed by atoms with Gasteiger partial charge in [-0.15, -0.1) is 0 Å². The van der Waals surface area contributed by atoms with Crippen LogP contribution in [0.4, 0.5) is 0 Å². The summed E-state index contributed by atoms with van der Waals surface area (Å²) < 4.78 is 1.13. The predicted octanol–water partition coefficient (Wildman–Crippen LogP) is 0.192. The maximum Gasteiger partial charge on any atom is 0.328 e. The van der Waals surface area contributed by atoms with Crippen molar-refractivity contribution in [3.8, 4) is 0 Å². The number of rotatable bonds is 3. The van der Waals surface area contributed by atoms with Crippen molar-refractivity contribution in [2.75, 3.05) is 13.1 Å². The van der Waals surface area contributed by atoms with Crippen molar-refractivity contribution in [2.45, 2.75) is 32.4 Å². The number of benzene rings is 1. The number of carbonyl (C=O) groups excluding carboxylic acids is 1. The van der Waals surface area contributed by atoms with Crippen LogP contribution in [-0.2, 0) is 6.54 Å². The highest BCUT2D eigenvalue weighted by molar-refractivity contribution is 5.97. The molecule has 23 heavy (non-hydrogen) atoms. The Morgan fingerprint density at radius 2 is 2.22 bits per heavy atom. The molecular formula is C16H20N4O3. The normalized spacial score (nSPS) is 18.0. The van der Waals surface area contributed by atoms with Crippen molar-refractivity contribution < 1.29 is 4.79 Å². The molecule has 1 aliphatic rings. The first-order valence-corrected chi connectivity index (χ1v) is 7.88. The van der Waals surface area contributed by atoms with Crippen LogP contribution in [0.25, 0.3) is 10.9 Å². The van der Waals surface area contributed by atoms with Crippen LogP contribution in [0.1, 0.15) is 30.1 Å². The first kappa shape index (κ1) is 15.5. The summed E-state index contributed by atoms with van der Waals surface area (Å²) in [5.41, 5.74) is 0.0280. The second kappa shape index (κ2) is 6.37. The van der Waals surface area contributed by atoms with Crippen LogP contribution < -0.4 is 21.9 Å². The average Bonchev–Trinajstić information content (AvgIpc) is 2.55. The van der Waals surface area contributed by atoms with Gasteiger partial charge in [-0.3, -0.25) is 14.2 Å². The number of fused-ring (bicyclic) bond motifs is 1. The van der Waals surface area contributed by atoms with E-state index in [0.717, 1.165) is 30.5 Å². The molecule has 3 rings (SSSR count). The van der Waals surface area contributed by atoms with Gasteiger partial charge in [-0.2, -0.15) is 0 Å². The van der Waals surface area contributed by atoms with Gasteiger partial charge in [0.15, 0.2) is 0 Å². The fraction of sp³-hybridized carbons (Fsp3) is 0.438. The number of amides is 1. The Morgan fingerprint density at radius 1 is 1.39 bits per heavy atom. The van der Waals surface area contributed by atoms with Crippen LogP contribution in [0.3, 0.4) is 0 Å². The minimum absolute atomic E-state index is 0.110. The van der Waals surface area contributed by atoms with Crippen LogP contribution in [0, 0.1) is 0 Å². The van der Waals surface area contributed by atoms with Crippen LogP contribution in [0.15, 0.2) is 27.8 Å². The SMILES string of the molecule is CCn1c(=O)[nH]c2cc(C(=O)N[C@H]3CCCNC3)ccc2c1=O. The molecule has 0 radical (unpaired) electrons. The van der Waals surface area contributed by atoms with Gasteiger partial charge in [0, 0.05) is 24.7 Å². The van der Waals surface area contributed by atoms with Crippen LogP contribution >= 0.6 is 0 Å². The quantitative estimate of drug-likeness (QED) is 0.753. The molecule has 1 aromatic carbocycles. The first-order valence-electron chi connectivity index (χ1n) is 7.88. The number of hydrogen-bond acceptors (Lipinski definition) is 4. The predicted molar refractivity (Wildman–Crippen MR) is 87.9 cm³/mol. The molecule has 3 N–H and O–H groups in total. The molecule has 1 fully saturated rings. The zero-order valence-corrected chi connectivity index (χ0v) is 13.0. The Morgan fingerprint density at radius 3 is 2.91 bits per heavy atom. The van der Waals surface area contributed by atoms with Gasteiger partial charge in [0.05, 0.1) is 10.9 Å². The van der Waals surface area contributed by atoms with Gasteiger partial charge in [0.25, 0.3) is 11.5 Å². The largest absolute Gasteiger partial charge is 0.348 e. The lowest BCUT2D eigenvalue weighted by atomic mass is 10.1. The van der Waals surface area contributed by atoms with Crippen molar-refractivity contribution >= 4 is 16.8 Å². The molecule has 0 aliphatic carbocycles. The van der Waals surface area contributed by atoms with Crippen molar-refractivity contribution in [2.24, 2.45) is 0 Å². The lowest BCUT2D eigenvalue weighted by Gasteiger charge is -2.23. The summed E-state index contributed by atoms with van der Waals surface area (Å²) in [6.45, 7) is 3.79. The number of nitrogens with zero attached hydrogens (tertiary/aromatic N) is 1. The second-order valence-electron chi connectivity index (χ2n) is 5.76. The van der Waals surface area contributed by atoms with E-state index in [1.807, 2.05) is 0 Å². The molecule has 2 heterocycles. The van der Waals surface area contributed by atoms with Gasteiger partial charge in [0.2, 0.25) is 0 Å². The van der Waals surface area contributed by atoms with Crippen LogP contribution in [-0.4, -0.2) is 34.6 Å². The van der Waals surface area contributed by atoms with Gasteiger partial charge in [-0.1, -0.05) is 0 Å². The number of aromatic nitrogens is 2. The van der Waals surface area contributed by atoms with Gasteiger partial charge in [-0.25, -0.2) is 4.79 Å². The zero-order chi connectivity index (χ0) is 16.4. The minimum Gasteiger partial charge on any atom is -0.348 e. The molecule has 122 valence electrons. The highest BCUT2D eigenvalue weighted by Crippen LogP contribution is 2.10. The standard InChI is InChI=1S/C16H20N4O3/c1-2-20-15(22)12-6-5-10(8-13(12)19-16(20)23)14(21)18-11-4-3-7-17-9-11/h5-6,8,11,17H,2-4,7,9H2,1H3,(H,18,21)(H,19,23)/t11-/m0/s1. The fourth-order valence-electron chi connectivity index (χ4n) is 2.93. The molecule has 1 aromatic heterocycles. The average molecular weight is 316 g/mol. The molecule has 0 spiro atoms. The van der Waals surface area contributed by atoms with Gasteiger partial charge in [-0.05, 0) is 44.5 Å². The third-order valence-corrected chi connectivity index (χ3v) is 4.19. The second-order valence-corrected chi connectivity index (χ2v) is 5.76. The summed E-state index contributed by atoms with van der Waals surface area (Å²) in [5, 5.41) is 6.62. The topological polar surface area (TPSA) is 96.0 Å². The molecule has 0 unspecified atom stereocenters. The Hall–Kier alpha value is -2.41. The molecule has 2 aromatic rings. The lowest BCUT2D eigenvalue weighted by Crippen LogP contribution is -2.45. The molecule has 0 bridgehead atoms. The molecule has 0 saturated carbocycles. The van der Waals surface area contributed by atoms with E-state index in [-0.39, 0.29) is 17.5 Å². The number of H-pyrrole nitrogens is 1. The van der Waals surface area contributed by atoms with Gasteiger partial charge in [0.1, 0.15) is 0 Å². The van der Waals surface area contributed by atoms with E-state index in [0.29, 0.717) is 23.0 Å². The zero-order valence-electron chi connectivity index (χ0n) is 13.0. The lowest BCUT2D eigenvalue weighted by molar-refractivity contribution is 0.0931. The van der Waals surface area contributed by atoms with E-state index in [2.05, 4.69) is 15.6 Å². The molecular weight excluding hydrogens is 296 g/mol. The summed E-state index contributed by atoms with van der Waals surface area (Å²) >= 11 is 0. The molecule has 7 heteroatoms. The van der Waals surface area contributed by atoms with Crippen LogP contribution in [0.5, 0.6) is 0 Å². The maximum absolute atomic E-state index is 12.3. The summed E-state index contributed by atoms with van der Waals surface area (Å²) in [6, 6.07) is 4.88. The number of aromatic amines is 1. The number of nitrogens with one attached hydrogen (secondary N) is 3. The smallest absolute Gasteiger partial charge is 0.328 e. The Kier molecular flexibility index (Phi) is 4.29. The molecule has 1 amide bonds. The van der Waals surface area contributed by atoms with Crippen molar-refractivity contribution in [1.82, 2.24) is 20.2 Å². The Balaban J connectivity index is 1.92. The molecule has 1 saturated heterocycles. The van der Waals surface area contributed by atoms with E-state index in [9.17, 15) is 14.4 Å². The monoisotopic (exact) mass is 316 g/mol. The molecule has 1 aliphatic heterocycles. The summed E-state index contributed by atoms with van der Waals surface area (Å²) in [4.78, 5) is 39.1. The molecule has 1 atom stereocenters. The maximum atomic E-state index is 12.3. The van der Waals surface area contributed by atoms with Gasteiger partial charge < -0.3 is 15.6 Å². The highest BCUT2D eigenvalue weighted by atomic mass is 16.2. The Labute approximate surface area is 132 Å². The molecule has 7 nitrogen and oxygen atoms in total. The van der Waals surface area contributed by atoms with E-state index in [4.69, 9.17) is 0 Å². The Bertz CT molecular complexity index is 847. The first-order chi connectivity index (χ1) is 11.1. The summed E-state index contributed by atoms with van der Waals surface area (Å²) in [5.74, 6) is -0.193. The van der Waals surface area contributed by atoms with E-state index in [1.54, 1.807) is 25.1 Å². The number of hydrogen-bond donors (Lipinski definition) is 3. The highest BCUT2D eigenvalue weighted by Gasteiger charge is 2.17. The third-order valence-electron chi connectivity index (χ3n) is 4.19. The van der Waals surface area contributed by atoms with Crippen molar-refractivity contribution in [1.29, 1.82) is 0 Å². The van der Waals surface area contributed by atoms with E-state index < -0.39 is 5.69 Å². The van der Waals surface area contributed by atoms with E-state index in [1.165, 1.54) is 0 Å². The van der Waals surface area contributed by atoms with Crippen molar-refractivity contribution in [3.05, 3.63) is 44.6 Å². The van der Waals surface area contributed by atoms with Crippen molar-refractivity contribution in [3.63, 3.8) is 0 Å². The van der Waals surface area contributed by atoms with E-state index >= 15 is 0 Å². The number of carbonyl (C=O) groups is 1.